The number of rotatable bonds is 3. The molecule has 2 heterocycles. The van der Waals surface area contributed by atoms with Crippen LogP contribution in [-0.2, 0) is 0 Å². The number of hydrogen-bond acceptors (Lipinski definition) is 3. The van der Waals surface area contributed by atoms with Gasteiger partial charge in [-0.2, -0.15) is 5.26 Å². The third kappa shape index (κ3) is 2.42. The van der Waals surface area contributed by atoms with E-state index in [1.807, 2.05) is 12.1 Å². The SMILES string of the molecule is CCC(O)C1CC2CCN(C1)C2c1ccc(C#N)c2ccccc12. The van der Waals surface area contributed by atoms with Crippen molar-refractivity contribution < 1.29 is 5.11 Å². The molecule has 2 aromatic carbocycles. The van der Waals surface area contributed by atoms with Gasteiger partial charge in [0.05, 0.1) is 17.7 Å². The van der Waals surface area contributed by atoms with Crippen molar-refractivity contribution in [2.24, 2.45) is 11.8 Å². The van der Waals surface area contributed by atoms with Crippen molar-refractivity contribution >= 4 is 10.8 Å². The van der Waals surface area contributed by atoms with Gasteiger partial charge in [0.2, 0.25) is 0 Å². The highest BCUT2D eigenvalue weighted by molar-refractivity contribution is 5.91. The number of aliphatic hydroxyl groups is 1. The molecule has 0 radical (unpaired) electrons. The van der Waals surface area contributed by atoms with Crippen LogP contribution in [-0.4, -0.2) is 29.2 Å². The second kappa shape index (κ2) is 6.20. The van der Waals surface area contributed by atoms with Gasteiger partial charge in [-0.3, -0.25) is 4.90 Å². The first-order valence-corrected chi connectivity index (χ1v) is 9.06. The molecule has 3 nitrogen and oxygen atoms in total. The van der Waals surface area contributed by atoms with E-state index in [0.29, 0.717) is 17.9 Å². The van der Waals surface area contributed by atoms with Crippen LogP contribution in [0.1, 0.15) is 43.4 Å². The van der Waals surface area contributed by atoms with Crippen molar-refractivity contribution in [3.63, 3.8) is 0 Å². The molecule has 0 aliphatic carbocycles. The maximum Gasteiger partial charge on any atom is 0.0998 e. The van der Waals surface area contributed by atoms with E-state index in [-0.39, 0.29) is 6.10 Å². The fraction of sp³-hybridized carbons (Fsp3) is 0.476. The molecule has 3 heteroatoms. The van der Waals surface area contributed by atoms with E-state index in [0.717, 1.165) is 36.9 Å². The highest BCUT2D eigenvalue weighted by Gasteiger charge is 2.43. The fourth-order valence-electron chi connectivity index (χ4n) is 4.88. The van der Waals surface area contributed by atoms with Gasteiger partial charge in [0.1, 0.15) is 0 Å². The molecule has 1 N–H and O–H groups in total. The summed E-state index contributed by atoms with van der Waals surface area (Å²) in [6.45, 7) is 4.18. The predicted octanol–water partition coefficient (Wildman–Crippen LogP) is 3.87. The Kier molecular flexibility index (Phi) is 4.04. The first-order valence-electron chi connectivity index (χ1n) is 9.06. The molecule has 5 atom stereocenters. The number of benzene rings is 2. The molecule has 2 aromatic rings. The van der Waals surface area contributed by atoms with E-state index < -0.39 is 0 Å². The fourth-order valence-corrected chi connectivity index (χ4v) is 4.88. The number of piperidine rings is 1. The van der Waals surface area contributed by atoms with Gasteiger partial charge in [0.15, 0.2) is 0 Å². The highest BCUT2D eigenvalue weighted by atomic mass is 16.3. The van der Waals surface area contributed by atoms with E-state index in [4.69, 9.17) is 0 Å². The molecule has 2 fully saturated rings. The van der Waals surface area contributed by atoms with Crippen LogP contribution in [0, 0.1) is 23.2 Å². The third-order valence-corrected chi connectivity index (χ3v) is 6.06. The molecule has 0 aromatic heterocycles. The number of aliphatic hydroxyl groups excluding tert-OH is 1. The van der Waals surface area contributed by atoms with E-state index >= 15 is 0 Å². The Morgan fingerprint density at radius 1 is 1.25 bits per heavy atom. The summed E-state index contributed by atoms with van der Waals surface area (Å²) in [5.74, 6) is 1.02. The molecule has 0 amide bonds. The lowest BCUT2D eigenvalue weighted by atomic mass is 9.78. The van der Waals surface area contributed by atoms with Crippen LogP contribution in [0.15, 0.2) is 36.4 Å². The van der Waals surface area contributed by atoms with Crippen LogP contribution >= 0.6 is 0 Å². The molecule has 5 unspecified atom stereocenters. The first-order chi connectivity index (χ1) is 11.7. The van der Waals surface area contributed by atoms with Crippen LogP contribution < -0.4 is 0 Å². The molecule has 24 heavy (non-hydrogen) atoms. The highest BCUT2D eigenvalue weighted by Crippen LogP contribution is 2.47. The van der Waals surface area contributed by atoms with E-state index in [1.54, 1.807) is 0 Å². The summed E-state index contributed by atoms with van der Waals surface area (Å²) in [7, 11) is 0. The number of nitrogens with zero attached hydrogens (tertiary/aromatic N) is 2. The Morgan fingerprint density at radius 2 is 2.04 bits per heavy atom. The molecule has 2 aliphatic heterocycles. The van der Waals surface area contributed by atoms with Gasteiger partial charge >= 0.3 is 0 Å². The molecular weight excluding hydrogens is 296 g/mol. The number of nitriles is 1. The van der Waals surface area contributed by atoms with Gasteiger partial charge in [-0.25, -0.2) is 0 Å². The van der Waals surface area contributed by atoms with E-state index in [9.17, 15) is 10.4 Å². The quantitative estimate of drug-likeness (QED) is 0.934. The van der Waals surface area contributed by atoms with Crippen molar-refractivity contribution in [1.29, 1.82) is 5.26 Å². The normalized spacial score (nSPS) is 30.2. The van der Waals surface area contributed by atoms with Gasteiger partial charge in [-0.1, -0.05) is 37.3 Å². The summed E-state index contributed by atoms with van der Waals surface area (Å²) in [6.07, 6.45) is 3.00. The number of hydrogen-bond donors (Lipinski definition) is 1. The summed E-state index contributed by atoms with van der Waals surface area (Å²) >= 11 is 0. The second-order valence-electron chi connectivity index (χ2n) is 7.32. The minimum absolute atomic E-state index is 0.174. The minimum Gasteiger partial charge on any atom is -0.393 e. The maximum atomic E-state index is 10.3. The molecule has 4 rings (SSSR count). The maximum absolute atomic E-state index is 10.3. The van der Waals surface area contributed by atoms with Gasteiger partial charge in [0, 0.05) is 12.6 Å². The zero-order chi connectivity index (χ0) is 16.7. The molecule has 2 aliphatic rings. The Labute approximate surface area is 143 Å². The third-order valence-electron chi connectivity index (χ3n) is 6.06. The summed E-state index contributed by atoms with van der Waals surface area (Å²) in [6, 6.07) is 15.2. The van der Waals surface area contributed by atoms with Crippen molar-refractivity contribution in [2.75, 3.05) is 13.1 Å². The summed E-state index contributed by atoms with van der Waals surface area (Å²) in [4.78, 5) is 2.56. The smallest absolute Gasteiger partial charge is 0.0998 e. The zero-order valence-corrected chi connectivity index (χ0v) is 14.2. The van der Waals surface area contributed by atoms with Crippen LogP contribution in [0.4, 0.5) is 0 Å². The Bertz CT molecular complexity index is 780. The van der Waals surface area contributed by atoms with Gasteiger partial charge in [-0.05, 0) is 60.0 Å². The van der Waals surface area contributed by atoms with Gasteiger partial charge in [-0.15, -0.1) is 0 Å². The molecule has 2 bridgehead atoms. The van der Waals surface area contributed by atoms with Crippen molar-refractivity contribution in [3.8, 4) is 6.07 Å². The van der Waals surface area contributed by atoms with Crippen LogP contribution in [0.2, 0.25) is 0 Å². The Balaban J connectivity index is 1.74. The molecule has 0 spiro atoms. The van der Waals surface area contributed by atoms with Gasteiger partial charge < -0.3 is 5.11 Å². The minimum atomic E-state index is -0.174. The lowest BCUT2D eigenvalue weighted by Crippen LogP contribution is -2.41. The Hall–Kier alpha value is -1.89. The summed E-state index contributed by atoms with van der Waals surface area (Å²) in [5, 5.41) is 21.9. The molecular formula is C21H24N2O. The molecule has 0 saturated carbocycles. The second-order valence-corrected chi connectivity index (χ2v) is 7.32. The average Bonchev–Trinajstić information content (AvgIpc) is 2.88. The Morgan fingerprint density at radius 3 is 2.75 bits per heavy atom. The van der Waals surface area contributed by atoms with Crippen LogP contribution in [0.3, 0.4) is 0 Å². The lowest BCUT2D eigenvalue weighted by molar-refractivity contribution is 0.0290. The van der Waals surface area contributed by atoms with Crippen LogP contribution in [0.25, 0.3) is 10.8 Å². The topological polar surface area (TPSA) is 47.3 Å². The monoisotopic (exact) mass is 320 g/mol. The number of fused-ring (bicyclic) bond motifs is 3. The van der Waals surface area contributed by atoms with Gasteiger partial charge in [0.25, 0.3) is 0 Å². The molecule has 2 saturated heterocycles. The van der Waals surface area contributed by atoms with Crippen molar-refractivity contribution in [3.05, 3.63) is 47.5 Å². The van der Waals surface area contributed by atoms with E-state index in [2.05, 4.69) is 42.2 Å². The first kappa shape index (κ1) is 15.6. The van der Waals surface area contributed by atoms with E-state index in [1.165, 1.54) is 17.4 Å². The van der Waals surface area contributed by atoms with Crippen LogP contribution in [0.5, 0.6) is 0 Å². The standard InChI is InChI=1S/C21H24N2O/c1-2-20(24)16-11-14-9-10-23(13-16)21(14)19-8-7-15(12-22)17-5-3-4-6-18(17)19/h3-8,14,16,20-21,24H,2,9-11,13H2,1H3. The van der Waals surface area contributed by atoms with Crippen molar-refractivity contribution in [2.45, 2.75) is 38.3 Å². The predicted molar refractivity (Wildman–Crippen MR) is 95.5 cm³/mol. The lowest BCUT2D eigenvalue weighted by Gasteiger charge is -2.40. The largest absolute Gasteiger partial charge is 0.393 e. The molecule has 124 valence electrons. The van der Waals surface area contributed by atoms with Crippen molar-refractivity contribution in [1.82, 2.24) is 4.90 Å². The summed E-state index contributed by atoms with van der Waals surface area (Å²) in [5.41, 5.74) is 2.11. The zero-order valence-electron chi connectivity index (χ0n) is 14.2. The average molecular weight is 320 g/mol. The summed E-state index contributed by atoms with van der Waals surface area (Å²) < 4.78 is 0.